The van der Waals surface area contributed by atoms with Crippen LogP contribution in [0.1, 0.15) is 28.4 Å². The van der Waals surface area contributed by atoms with E-state index in [1.807, 2.05) is 0 Å². The largest absolute Gasteiger partial charge is 0.490 e. The molecule has 8 nitrogen and oxygen atoms in total. The Morgan fingerprint density at radius 1 is 1.08 bits per heavy atom. The number of benzene rings is 2. The zero-order valence-corrected chi connectivity index (χ0v) is 20.3. The first kappa shape index (κ1) is 27.5. The summed E-state index contributed by atoms with van der Waals surface area (Å²) in [5, 5.41) is 6.23. The lowest BCUT2D eigenvalue weighted by molar-refractivity contribution is -0.203. The van der Waals surface area contributed by atoms with E-state index < -0.39 is 24.2 Å². The molecule has 0 aliphatic rings. The third kappa shape index (κ3) is 6.98. The number of oxime groups is 1. The van der Waals surface area contributed by atoms with Crippen LogP contribution in [0, 0.1) is 0 Å². The Balaban J connectivity index is 1.87. The van der Waals surface area contributed by atoms with E-state index in [9.17, 15) is 22.8 Å². The molecule has 194 valence electrons. The molecule has 0 fully saturated rings. The number of amides is 1. The van der Waals surface area contributed by atoms with Crippen LogP contribution in [0.25, 0.3) is 0 Å². The van der Waals surface area contributed by atoms with Crippen LogP contribution in [-0.2, 0) is 25.8 Å². The van der Waals surface area contributed by atoms with E-state index in [2.05, 4.69) is 15.5 Å². The summed E-state index contributed by atoms with van der Waals surface area (Å²) in [6.45, 7) is -0.0762. The lowest BCUT2D eigenvalue weighted by Gasteiger charge is -2.20. The second-order valence-electron chi connectivity index (χ2n) is 7.40. The molecule has 1 aromatic heterocycles. The molecule has 1 unspecified atom stereocenters. The first-order valence-electron chi connectivity index (χ1n) is 10.7. The average Bonchev–Trinajstić information content (AvgIpc) is 2.89. The number of hydrogen-bond acceptors (Lipinski definition) is 7. The molecule has 0 saturated heterocycles. The number of carbonyl (C=O) groups is 2. The number of likely N-dealkylation sites (N-methyl/N-ethyl adjacent to an activating group) is 1. The molecule has 0 radical (unpaired) electrons. The van der Waals surface area contributed by atoms with Gasteiger partial charge in [-0.15, -0.1) is 0 Å². The van der Waals surface area contributed by atoms with Crippen LogP contribution in [-0.4, -0.2) is 42.9 Å². The van der Waals surface area contributed by atoms with E-state index in [-0.39, 0.29) is 28.8 Å². The maximum absolute atomic E-state index is 12.9. The quantitative estimate of drug-likeness (QED) is 0.244. The minimum atomic E-state index is -5.18. The van der Waals surface area contributed by atoms with Crippen molar-refractivity contribution >= 4 is 29.2 Å². The number of ether oxygens (including phenoxy) is 2. The molecule has 1 atom stereocenters. The Bertz CT molecular complexity index is 1290. The Hall–Kier alpha value is -4.12. The molecule has 3 aromatic rings. The average molecular weight is 536 g/mol. The highest BCUT2D eigenvalue weighted by molar-refractivity contribution is 6.45. The van der Waals surface area contributed by atoms with Crippen LogP contribution in [0.15, 0.2) is 72.0 Å². The van der Waals surface area contributed by atoms with Crippen LogP contribution < -0.4 is 10.1 Å². The van der Waals surface area contributed by atoms with Gasteiger partial charge in [0.1, 0.15) is 18.7 Å². The van der Waals surface area contributed by atoms with Gasteiger partial charge in [-0.2, -0.15) is 13.2 Å². The van der Waals surface area contributed by atoms with Gasteiger partial charge in [0, 0.05) is 24.4 Å². The van der Waals surface area contributed by atoms with Crippen molar-refractivity contribution in [2.24, 2.45) is 5.16 Å². The molecule has 2 aromatic carbocycles. The van der Waals surface area contributed by atoms with Gasteiger partial charge in [0.05, 0.1) is 0 Å². The lowest BCUT2D eigenvalue weighted by atomic mass is 10.0. The Kier molecular flexibility index (Phi) is 9.07. The fourth-order valence-corrected chi connectivity index (χ4v) is 3.50. The van der Waals surface area contributed by atoms with E-state index in [1.54, 1.807) is 42.5 Å². The minimum absolute atomic E-state index is 0.0239. The highest BCUT2D eigenvalue weighted by Gasteiger charge is 2.42. The Morgan fingerprint density at radius 2 is 1.76 bits per heavy atom. The van der Waals surface area contributed by atoms with E-state index in [4.69, 9.17) is 25.9 Å². The van der Waals surface area contributed by atoms with Gasteiger partial charge in [-0.1, -0.05) is 71.4 Å². The third-order valence-corrected chi connectivity index (χ3v) is 5.22. The van der Waals surface area contributed by atoms with E-state index in [0.29, 0.717) is 16.7 Å². The molecule has 37 heavy (non-hydrogen) atoms. The molecule has 0 aliphatic heterocycles. The molecular weight excluding hydrogens is 515 g/mol. The molecule has 1 heterocycles. The van der Waals surface area contributed by atoms with Gasteiger partial charge in [-0.05, 0) is 17.2 Å². The monoisotopic (exact) mass is 535 g/mol. The van der Waals surface area contributed by atoms with Crippen molar-refractivity contribution < 1.29 is 37.1 Å². The number of carbonyl (C=O) groups excluding carboxylic acids is 2. The van der Waals surface area contributed by atoms with Crippen molar-refractivity contribution in [3.63, 3.8) is 0 Å². The van der Waals surface area contributed by atoms with Gasteiger partial charge < -0.3 is 19.6 Å². The van der Waals surface area contributed by atoms with Crippen LogP contribution >= 0.6 is 11.6 Å². The standard InChI is InChI=1S/C25H21ClF3N3O5/c1-30-22(33)20(32-35-2)18-11-7-6-10-16(18)14-36-23-19(26)12-17(13-31-23)21(15-8-4-3-5-9-15)37-24(34)25(27,28)29/h3-13,21H,14H2,1-2H3,(H,30,33)/b32-20-. The Labute approximate surface area is 215 Å². The summed E-state index contributed by atoms with van der Waals surface area (Å²) in [6, 6.07) is 16.0. The zero-order valence-electron chi connectivity index (χ0n) is 19.6. The van der Waals surface area contributed by atoms with Gasteiger partial charge in [-0.25, -0.2) is 9.78 Å². The highest BCUT2D eigenvalue weighted by atomic mass is 35.5. The fourth-order valence-electron chi connectivity index (χ4n) is 3.27. The van der Waals surface area contributed by atoms with Crippen molar-refractivity contribution in [3.05, 3.63) is 94.1 Å². The van der Waals surface area contributed by atoms with Crippen molar-refractivity contribution in [1.29, 1.82) is 0 Å². The second-order valence-corrected chi connectivity index (χ2v) is 7.80. The SMILES string of the molecule is CNC(=O)/C(=N\OC)c1ccccc1COc1ncc(C(OC(=O)C(F)(F)F)c2ccccc2)cc1Cl. The maximum atomic E-state index is 12.9. The van der Waals surface area contributed by atoms with Gasteiger partial charge >= 0.3 is 12.1 Å². The summed E-state index contributed by atoms with van der Waals surface area (Å²) in [4.78, 5) is 32.7. The van der Waals surface area contributed by atoms with Gasteiger partial charge in [0.15, 0.2) is 11.8 Å². The fraction of sp³-hybridized carbons (Fsp3) is 0.200. The number of rotatable bonds is 9. The van der Waals surface area contributed by atoms with E-state index in [0.717, 1.165) is 0 Å². The summed E-state index contributed by atoms with van der Waals surface area (Å²) in [5.74, 6) is -2.85. The number of hydrogen-bond donors (Lipinski definition) is 1. The van der Waals surface area contributed by atoms with E-state index >= 15 is 0 Å². The number of nitrogens with one attached hydrogen (secondary N) is 1. The number of alkyl halides is 3. The van der Waals surface area contributed by atoms with E-state index in [1.165, 1.54) is 38.6 Å². The minimum Gasteiger partial charge on any atom is -0.472 e. The molecule has 12 heteroatoms. The van der Waals surface area contributed by atoms with Gasteiger partial charge in [0.25, 0.3) is 5.91 Å². The summed E-state index contributed by atoms with van der Waals surface area (Å²) in [5.41, 5.74) is 1.43. The van der Waals surface area contributed by atoms with Crippen molar-refractivity contribution in [2.75, 3.05) is 14.2 Å². The third-order valence-electron chi connectivity index (χ3n) is 4.95. The predicted octanol–water partition coefficient (Wildman–Crippen LogP) is 4.61. The molecule has 0 saturated carbocycles. The molecule has 1 amide bonds. The zero-order chi connectivity index (χ0) is 27.0. The molecular formula is C25H21ClF3N3O5. The number of esters is 1. The van der Waals surface area contributed by atoms with Crippen LogP contribution in [0.2, 0.25) is 5.02 Å². The van der Waals surface area contributed by atoms with Crippen LogP contribution in [0.5, 0.6) is 5.88 Å². The summed E-state index contributed by atoms with van der Waals surface area (Å²) in [7, 11) is 2.76. The molecule has 3 rings (SSSR count). The van der Waals surface area contributed by atoms with Gasteiger partial charge in [0.2, 0.25) is 5.88 Å². The van der Waals surface area contributed by atoms with Crippen molar-refractivity contribution in [1.82, 2.24) is 10.3 Å². The Morgan fingerprint density at radius 3 is 2.38 bits per heavy atom. The normalized spacial score (nSPS) is 12.4. The predicted molar refractivity (Wildman–Crippen MR) is 128 cm³/mol. The number of halogens is 4. The second kappa shape index (κ2) is 12.2. The summed E-state index contributed by atoms with van der Waals surface area (Å²) >= 11 is 6.32. The molecule has 0 bridgehead atoms. The number of aromatic nitrogens is 1. The molecule has 0 spiro atoms. The topological polar surface area (TPSA) is 99.1 Å². The van der Waals surface area contributed by atoms with Crippen LogP contribution in [0.3, 0.4) is 0 Å². The van der Waals surface area contributed by atoms with Crippen molar-refractivity contribution in [3.8, 4) is 5.88 Å². The van der Waals surface area contributed by atoms with Crippen LogP contribution in [0.4, 0.5) is 13.2 Å². The summed E-state index contributed by atoms with van der Waals surface area (Å²) in [6.07, 6.45) is -5.38. The summed E-state index contributed by atoms with van der Waals surface area (Å²) < 4.78 is 49.1. The maximum Gasteiger partial charge on any atom is 0.490 e. The molecule has 0 aliphatic carbocycles. The molecule has 1 N–H and O–H groups in total. The smallest absolute Gasteiger partial charge is 0.472 e. The van der Waals surface area contributed by atoms with Gasteiger partial charge in [-0.3, -0.25) is 4.79 Å². The first-order valence-corrected chi connectivity index (χ1v) is 11.1. The first-order chi connectivity index (χ1) is 17.7. The highest BCUT2D eigenvalue weighted by Crippen LogP contribution is 2.33. The number of nitrogens with zero attached hydrogens (tertiary/aromatic N) is 2. The van der Waals surface area contributed by atoms with Crippen molar-refractivity contribution in [2.45, 2.75) is 18.9 Å². The number of pyridine rings is 1. The lowest BCUT2D eigenvalue weighted by Crippen LogP contribution is -2.29.